The summed E-state index contributed by atoms with van der Waals surface area (Å²) in [6.45, 7) is 3.41. The Hall–Kier alpha value is -2.18. The van der Waals surface area contributed by atoms with Crippen LogP contribution in [-0.2, 0) is 4.79 Å². The Morgan fingerprint density at radius 1 is 1.30 bits per heavy atom. The Labute approximate surface area is 166 Å². The zero-order valence-corrected chi connectivity index (χ0v) is 16.4. The van der Waals surface area contributed by atoms with Crippen molar-refractivity contribution in [3.8, 4) is 0 Å². The van der Waals surface area contributed by atoms with Gasteiger partial charge in [0.1, 0.15) is 11.3 Å². The van der Waals surface area contributed by atoms with Gasteiger partial charge in [0.05, 0.1) is 4.70 Å². The van der Waals surface area contributed by atoms with Crippen molar-refractivity contribution in [2.24, 2.45) is 5.92 Å². The van der Waals surface area contributed by atoms with E-state index < -0.39 is 0 Å². The Bertz CT molecular complexity index is 998. The number of aromatic nitrogens is 1. The number of fused-ring (bicyclic) bond motifs is 1. The van der Waals surface area contributed by atoms with E-state index in [1.54, 1.807) is 12.1 Å². The van der Waals surface area contributed by atoms with E-state index in [9.17, 15) is 9.18 Å². The van der Waals surface area contributed by atoms with Crippen LogP contribution in [0.4, 0.5) is 15.2 Å². The first-order valence-electron chi connectivity index (χ1n) is 8.88. The number of amides is 1. The number of anilines is 2. The molecule has 0 bridgehead atoms. The number of thiazole rings is 1. The molecule has 0 atom stereocenters. The lowest BCUT2D eigenvalue weighted by Gasteiger charge is -2.31. The van der Waals surface area contributed by atoms with Gasteiger partial charge in [-0.05, 0) is 49.6 Å². The van der Waals surface area contributed by atoms with E-state index in [4.69, 9.17) is 11.6 Å². The summed E-state index contributed by atoms with van der Waals surface area (Å²) in [6, 6.07) is 10.5. The second-order valence-electron chi connectivity index (χ2n) is 6.79. The first kappa shape index (κ1) is 18.2. The molecule has 1 amide bonds. The molecule has 1 saturated heterocycles. The summed E-state index contributed by atoms with van der Waals surface area (Å²) in [5.74, 6) is -0.317. The lowest BCUT2D eigenvalue weighted by Crippen LogP contribution is -2.38. The van der Waals surface area contributed by atoms with Gasteiger partial charge in [0.15, 0.2) is 5.13 Å². The number of aryl methyl sites for hydroxylation is 1. The third-order valence-corrected chi connectivity index (χ3v) is 6.27. The van der Waals surface area contributed by atoms with Crippen molar-refractivity contribution in [1.82, 2.24) is 4.98 Å². The molecule has 1 aromatic heterocycles. The van der Waals surface area contributed by atoms with E-state index in [-0.39, 0.29) is 17.6 Å². The van der Waals surface area contributed by atoms with Crippen LogP contribution in [0, 0.1) is 18.7 Å². The molecule has 0 unspecified atom stereocenters. The number of para-hydroxylation sites is 1. The molecule has 1 fully saturated rings. The first-order chi connectivity index (χ1) is 13.0. The number of nitrogens with zero attached hydrogens (tertiary/aromatic N) is 2. The third-order valence-electron chi connectivity index (χ3n) is 4.95. The normalized spacial score (nSPS) is 15.3. The highest BCUT2D eigenvalue weighted by Crippen LogP contribution is 2.33. The number of nitrogens with one attached hydrogen (secondary N) is 1. The number of hydrogen-bond donors (Lipinski definition) is 1. The largest absolute Gasteiger partial charge is 0.348 e. The van der Waals surface area contributed by atoms with Gasteiger partial charge in [0.2, 0.25) is 5.91 Å². The highest BCUT2D eigenvalue weighted by atomic mass is 35.5. The average Bonchev–Trinajstić information content (AvgIpc) is 3.10. The predicted molar refractivity (Wildman–Crippen MR) is 109 cm³/mol. The molecule has 2 heterocycles. The van der Waals surface area contributed by atoms with Crippen molar-refractivity contribution in [2.75, 3.05) is 23.3 Å². The fourth-order valence-electron chi connectivity index (χ4n) is 3.34. The molecule has 0 saturated carbocycles. The molecular formula is C20H19ClFN3OS. The third kappa shape index (κ3) is 3.77. The van der Waals surface area contributed by atoms with Crippen LogP contribution in [0.3, 0.4) is 0 Å². The summed E-state index contributed by atoms with van der Waals surface area (Å²) >= 11 is 7.52. The molecule has 1 N–H and O–H groups in total. The van der Waals surface area contributed by atoms with Crippen molar-refractivity contribution in [2.45, 2.75) is 19.8 Å². The van der Waals surface area contributed by atoms with Gasteiger partial charge in [0, 0.05) is 29.7 Å². The van der Waals surface area contributed by atoms with Gasteiger partial charge in [-0.25, -0.2) is 9.37 Å². The molecule has 1 aliphatic rings. The van der Waals surface area contributed by atoms with E-state index in [1.165, 1.54) is 17.4 Å². The number of carbonyl (C=O) groups is 1. The van der Waals surface area contributed by atoms with Crippen LogP contribution in [0.2, 0.25) is 5.02 Å². The van der Waals surface area contributed by atoms with Gasteiger partial charge in [-0.1, -0.05) is 35.1 Å². The van der Waals surface area contributed by atoms with Crippen molar-refractivity contribution >= 4 is 49.9 Å². The van der Waals surface area contributed by atoms with Gasteiger partial charge >= 0.3 is 0 Å². The van der Waals surface area contributed by atoms with Crippen LogP contribution in [0.25, 0.3) is 10.2 Å². The minimum Gasteiger partial charge on any atom is -0.348 e. The number of rotatable bonds is 3. The van der Waals surface area contributed by atoms with Gasteiger partial charge in [0.25, 0.3) is 0 Å². The van der Waals surface area contributed by atoms with Crippen molar-refractivity contribution in [1.29, 1.82) is 0 Å². The van der Waals surface area contributed by atoms with Gasteiger partial charge < -0.3 is 10.2 Å². The van der Waals surface area contributed by atoms with Crippen LogP contribution >= 0.6 is 22.9 Å². The zero-order chi connectivity index (χ0) is 19.0. The average molecular weight is 404 g/mol. The van der Waals surface area contributed by atoms with E-state index in [2.05, 4.69) is 15.2 Å². The van der Waals surface area contributed by atoms with E-state index in [0.717, 1.165) is 47.0 Å². The Balaban J connectivity index is 1.41. The second kappa shape index (κ2) is 7.44. The van der Waals surface area contributed by atoms with Crippen molar-refractivity contribution in [3.63, 3.8) is 0 Å². The van der Waals surface area contributed by atoms with E-state index in [0.29, 0.717) is 10.5 Å². The topological polar surface area (TPSA) is 45.2 Å². The number of piperidine rings is 1. The maximum atomic E-state index is 13.9. The summed E-state index contributed by atoms with van der Waals surface area (Å²) in [4.78, 5) is 19.2. The number of halogens is 2. The molecule has 4 rings (SSSR count). The van der Waals surface area contributed by atoms with Crippen LogP contribution in [0.15, 0.2) is 36.4 Å². The Kier molecular flexibility index (Phi) is 5.02. The number of carbonyl (C=O) groups excluding carboxylic acids is 1. The van der Waals surface area contributed by atoms with E-state index in [1.807, 2.05) is 25.1 Å². The minimum absolute atomic E-state index is 0.0235. The van der Waals surface area contributed by atoms with Gasteiger partial charge in [-0.2, -0.15) is 0 Å². The fraction of sp³-hybridized carbons (Fsp3) is 0.300. The van der Waals surface area contributed by atoms with Gasteiger partial charge in [-0.15, -0.1) is 0 Å². The van der Waals surface area contributed by atoms with Crippen LogP contribution in [0.5, 0.6) is 0 Å². The van der Waals surface area contributed by atoms with Crippen LogP contribution in [0.1, 0.15) is 18.4 Å². The quantitative estimate of drug-likeness (QED) is 0.649. The van der Waals surface area contributed by atoms with Crippen LogP contribution in [-0.4, -0.2) is 24.0 Å². The molecule has 1 aliphatic heterocycles. The highest BCUT2D eigenvalue weighted by molar-refractivity contribution is 7.22. The van der Waals surface area contributed by atoms with Crippen molar-refractivity contribution < 1.29 is 9.18 Å². The van der Waals surface area contributed by atoms with Gasteiger partial charge in [-0.3, -0.25) is 4.79 Å². The minimum atomic E-state index is -0.291. The maximum absolute atomic E-state index is 13.9. The molecular weight excluding hydrogens is 385 g/mol. The first-order valence-corrected chi connectivity index (χ1v) is 10.1. The lowest BCUT2D eigenvalue weighted by atomic mass is 9.96. The van der Waals surface area contributed by atoms with E-state index >= 15 is 0 Å². The van der Waals surface area contributed by atoms with Crippen LogP contribution < -0.4 is 10.2 Å². The smallest absolute Gasteiger partial charge is 0.227 e. The molecule has 140 valence electrons. The molecule has 27 heavy (non-hydrogen) atoms. The summed E-state index contributed by atoms with van der Waals surface area (Å²) in [6.07, 6.45) is 1.48. The second-order valence-corrected chi connectivity index (χ2v) is 8.24. The molecule has 0 spiro atoms. The predicted octanol–water partition coefficient (Wildman–Crippen LogP) is 5.25. The molecule has 7 heteroatoms. The van der Waals surface area contributed by atoms with Crippen molar-refractivity contribution in [3.05, 3.63) is 52.8 Å². The lowest BCUT2D eigenvalue weighted by molar-refractivity contribution is -0.120. The standard InChI is InChI=1S/C20H19ClFN3OS/c1-12-5-6-14(21)11-16(12)23-19(26)13-7-9-25(10-8-13)20-24-18-15(22)3-2-4-17(18)27-20/h2-6,11,13H,7-10H2,1H3,(H,23,26). The Morgan fingerprint density at radius 2 is 2.07 bits per heavy atom. The summed E-state index contributed by atoms with van der Waals surface area (Å²) in [5, 5.41) is 4.42. The monoisotopic (exact) mass is 403 g/mol. The highest BCUT2D eigenvalue weighted by Gasteiger charge is 2.27. The zero-order valence-electron chi connectivity index (χ0n) is 14.8. The number of benzene rings is 2. The molecule has 0 aliphatic carbocycles. The molecule has 0 radical (unpaired) electrons. The molecule has 3 aromatic rings. The molecule has 2 aromatic carbocycles. The summed E-state index contributed by atoms with van der Waals surface area (Å²) < 4.78 is 14.7. The SMILES string of the molecule is Cc1ccc(Cl)cc1NC(=O)C1CCN(c2nc3c(F)cccc3s2)CC1. The summed E-state index contributed by atoms with van der Waals surface area (Å²) in [7, 11) is 0. The molecule has 4 nitrogen and oxygen atoms in total. The fourth-order valence-corrected chi connectivity index (χ4v) is 4.54. The Morgan fingerprint density at radius 3 is 2.81 bits per heavy atom. The maximum Gasteiger partial charge on any atom is 0.227 e. The number of hydrogen-bond acceptors (Lipinski definition) is 4. The summed E-state index contributed by atoms with van der Waals surface area (Å²) in [5.41, 5.74) is 2.17.